The first kappa shape index (κ1) is 10.1. The molecular weight excluding hydrogens is 186 g/mol. The molecule has 4 heteroatoms. The molecule has 13 heavy (non-hydrogen) atoms. The third kappa shape index (κ3) is 1.84. The van der Waals surface area contributed by atoms with Crippen molar-refractivity contribution < 1.29 is 10.2 Å². The van der Waals surface area contributed by atoms with Gasteiger partial charge in [-0.15, -0.1) is 0 Å². The Bertz CT molecular complexity index is 326. The van der Waals surface area contributed by atoms with E-state index in [1.807, 2.05) is 0 Å². The van der Waals surface area contributed by atoms with Gasteiger partial charge in [-0.2, -0.15) is 12.6 Å². The zero-order valence-corrected chi connectivity index (χ0v) is 7.96. The first-order chi connectivity index (χ1) is 6.24. The van der Waals surface area contributed by atoms with Gasteiger partial charge in [-0.3, -0.25) is 4.98 Å². The quantitative estimate of drug-likeness (QED) is 0.641. The second kappa shape index (κ2) is 4.30. The van der Waals surface area contributed by atoms with Crippen molar-refractivity contribution >= 4 is 18.7 Å². The number of aromatic hydroxyl groups is 1. The Morgan fingerprint density at radius 2 is 2.31 bits per heavy atom. The molecule has 0 unspecified atom stereocenters. The van der Waals surface area contributed by atoms with Gasteiger partial charge in [-0.1, -0.05) is 6.58 Å². The predicted molar refractivity (Wildman–Crippen MR) is 54.6 cm³/mol. The fourth-order valence-corrected chi connectivity index (χ4v) is 1.41. The number of aromatic nitrogens is 1. The lowest BCUT2D eigenvalue weighted by Crippen LogP contribution is -1.96. The highest BCUT2D eigenvalue weighted by atomic mass is 32.1. The molecule has 1 rings (SSSR count). The SMILES string of the molecule is C=Cc1ncc(CO)c(CS)c1O. The summed E-state index contributed by atoms with van der Waals surface area (Å²) in [7, 11) is 0. The van der Waals surface area contributed by atoms with E-state index < -0.39 is 0 Å². The van der Waals surface area contributed by atoms with Gasteiger partial charge in [0.1, 0.15) is 11.4 Å². The summed E-state index contributed by atoms with van der Waals surface area (Å²) in [6.07, 6.45) is 2.98. The van der Waals surface area contributed by atoms with E-state index in [9.17, 15) is 5.11 Å². The standard InChI is InChI=1S/C9H11NO2S/c1-2-8-9(12)7(5-13)6(4-11)3-10-8/h2-3,11-13H,1,4-5H2. The van der Waals surface area contributed by atoms with Crippen LogP contribution in [-0.4, -0.2) is 15.2 Å². The van der Waals surface area contributed by atoms with Gasteiger partial charge < -0.3 is 10.2 Å². The van der Waals surface area contributed by atoms with Gasteiger partial charge in [0.15, 0.2) is 0 Å². The maximum Gasteiger partial charge on any atom is 0.145 e. The third-order valence-electron chi connectivity index (χ3n) is 1.80. The van der Waals surface area contributed by atoms with Crippen LogP contribution >= 0.6 is 12.6 Å². The summed E-state index contributed by atoms with van der Waals surface area (Å²) in [5.74, 6) is 0.419. The Morgan fingerprint density at radius 1 is 1.62 bits per heavy atom. The third-order valence-corrected chi connectivity index (χ3v) is 2.11. The molecule has 0 spiro atoms. The van der Waals surface area contributed by atoms with Crippen molar-refractivity contribution in [1.82, 2.24) is 4.98 Å². The molecular formula is C9H11NO2S. The maximum absolute atomic E-state index is 9.61. The predicted octanol–water partition coefficient (Wildman–Crippen LogP) is 1.35. The summed E-state index contributed by atoms with van der Waals surface area (Å²) in [6.45, 7) is 3.37. The molecule has 2 N–H and O–H groups in total. The minimum atomic E-state index is -0.145. The van der Waals surface area contributed by atoms with E-state index >= 15 is 0 Å². The lowest BCUT2D eigenvalue weighted by molar-refractivity contribution is 0.279. The molecule has 70 valence electrons. The molecule has 0 saturated heterocycles. The molecule has 0 fully saturated rings. The average Bonchev–Trinajstić information content (AvgIpc) is 2.17. The highest BCUT2D eigenvalue weighted by Gasteiger charge is 2.09. The topological polar surface area (TPSA) is 53.4 Å². The van der Waals surface area contributed by atoms with Crippen LogP contribution in [0.1, 0.15) is 16.8 Å². The van der Waals surface area contributed by atoms with Crippen LogP contribution < -0.4 is 0 Å². The molecule has 0 aliphatic heterocycles. The van der Waals surface area contributed by atoms with E-state index in [2.05, 4.69) is 24.2 Å². The van der Waals surface area contributed by atoms with Crippen LogP contribution in [0.2, 0.25) is 0 Å². The second-order valence-electron chi connectivity index (χ2n) is 2.52. The highest BCUT2D eigenvalue weighted by molar-refractivity contribution is 7.79. The van der Waals surface area contributed by atoms with Crippen LogP contribution in [0.15, 0.2) is 12.8 Å². The molecule has 0 saturated carbocycles. The highest BCUT2D eigenvalue weighted by Crippen LogP contribution is 2.26. The number of pyridine rings is 1. The minimum Gasteiger partial charge on any atom is -0.505 e. The minimum absolute atomic E-state index is 0.0524. The van der Waals surface area contributed by atoms with Crippen molar-refractivity contribution in [3.63, 3.8) is 0 Å². The van der Waals surface area contributed by atoms with E-state index in [4.69, 9.17) is 5.11 Å². The van der Waals surface area contributed by atoms with E-state index in [0.29, 0.717) is 22.6 Å². The normalized spacial score (nSPS) is 10.0. The Hall–Kier alpha value is -1.00. The Kier molecular flexibility index (Phi) is 3.33. The van der Waals surface area contributed by atoms with Gasteiger partial charge in [-0.25, -0.2) is 0 Å². The van der Waals surface area contributed by atoms with Crippen LogP contribution in [0.4, 0.5) is 0 Å². The summed E-state index contributed by atoms with van der Waals surface area (Å²) in [5.41, 5.74) is 1.62. The summed E-state index contributed by atoms with van der Waals surface area (Å²) in [4.78, 5) is 3.91. The smallest absolute Gasteiger partial charge is 0.145 e. The number of rotatable bonds is 3. The molecule has 1 aromatic rings. The number of aliphatic hydroxyl groups excluding tert-OH is 1. The van der Waals surface area contributed by atoms with Crippen molar-refractivity contribution in [1.29, 1.82) is 0 Å². The number of nitrogens with zero attached hydrogens (tertiary/aromatic N) is 1. The molecule has 1 heterocycles. The first-order valence-corrected chi connectivity index (χ1v) is 4.41. The van der Waals surface area contributed by atoms with E-state index in [1.165, 1.54) is 12.3 Å². The van der Waals surface area contributed by atoms with Crippen molar-refractivity contribution in [2.45, 2.75) is 12.4 Å². The lowest BCUT2D eigenvalue weighted by Gasteiger charge is -2.08. The number of hydrogen-bond donors (Lipinski definition) is 3. The number of hydrogen-bond acceptors (Lipinski definition) is 4. The Balaban J connectivity index is 3.31. The molecule has 0 amide bonds. The van der Waals surface area contributed by atoms with Crippen molar-refractivity contribution in [3.8, 4) is 5.75 Å². The van der Waals surface area contributed by atoms with Crippen LogP contribution in [0.5, 0.6) is 5.75 Å². The van der Waals surface area contributed by atoms with Gasteiger partial charge in [0.25, 0.3) is 0 Å². The molecule has 0 aliphatic rings. The van der Waals surface area contributed by atoms with Crippen molar-refractivity contribution in [3.05, 3.63) is 29.6 Å². The molecule has 0 aliphatic carbocycles. The van der Waals surface area contributed by atoms with E-state index in [-0.39, 0.29) is 12.4 Å². The lowest BCUT2D eigenvalue weighted by atomic mass is 10.1. The van der Waals surface area contributed by atoms with Gasteiger partial charge in [0, 0.05) is 23.1 Å². The Morgan fingerprint density at radius 3 is 2.77 bits per heavy atom. The summed E-state index contributed by atoms with van der Waals surface area (Å²) in [5, 5.41) is 18.5. The molecule has 0 aromatic carbocycles. The van der Waals surface area contributed by atoms with Gasteiger partial charge in [-0.05, 0) is 6.08 Å². The number of aliphatic hydroxyl groups is 1. The summed E-state index contributed by atoms with van der Waals surface area (Å²) < 4.78 is 0. The van der Waals surface area contributed by atoms with Crippen molar-refractivity contribution in [2.75, 3.05) is 0 Å². The monoisotopic (exact) mass is 197 g/mol. The fourth-order valence-electron chi connectivity index (χ4n) is 1.06. The zero-order valence-electron chi connectivity index (χ0n) is 7.06. The zero-order chi connectivity index (χ0) is 9.84. The van der Waals surface area contributed by atoms with E-state index in [1.54, 1.807) is 0 Å². The van der Waals surface area contributed by atoms with Crippen LogP contribution in [-0.2, 0) is 12.4 Å². The first-order valence-electron chi connectivity index (χ1n) is 3.78. The van der Waals surface area contributed by atoms with Gasteiger partial charge in [0.05, 0.1) is 6.61 Å². The average molecular weight is 197 g/mol. The number of thiol groups is 1. The maximum atomic E-state index is 9.61. The summed E-state index contributed by atoms with van der Waals surface area (Å²) >= 11 is 4.06. The Labute approximate surface area is 82.2 Å². The van der Waals surface area contributed by atoms with Crippen LogP contribution in [0.25, 0.3) is 6.08 Å². The van der Waals surface area contributed by atoms with Crippen LogP contribution in [0, 0.1) is 0 Å². The van der Waals surface area contributed by atoms with Gasteiger partial charge >= 0.3 is 0 Å². The summed E-state index contributed by atoms with van der Waals surface area (Å²) in [6, 6.07) is 0. The van der Waals surface area contributed by atoms with E-state index in [0.717, 1.165) is 0 Å². The molecule has 0 bridgehead atoms. The molecule has 0 atom stereocenters. The van der Waals surface area contributed by atoms with Crippen molar-refractivity contribution in [2.24, 2.45) is 0 Å². The largest absolute Gasteiger partial charge is 0.505 e. The molecule has 0 radical (unpaired) electrons. The molecule has 1 aromatic heterocycles. The van der Waals surface area contributed by atoms with Crippen LogP contribution in [0.3, 0.4) is 0 Å². The second-order valence-corrected chi connectivity index (χ2v) is 2.83. The van der Waals surface area contributed by atoms with Gasteiger partial charge in [0.2, 0.25) is 0 Å². The fraction of sp³-hybridized carbons (Fsp3) is 0.222. The molecule has 3 nitrogen and oxygen atoms in total.